The lowest BCUT2D eigenvalue weighted by Crippen LogP contribution is -1.85. The second-order valence-electron chi connectivity index (χ2n) is 3.07. The fraction of sp³-hybridized carbons (Fsp3) is 0.273. The van der Waals surface area contributed by atoms with Crippen molar-refractivity contribution in [3.8, 4) is 5.75 Å². The van der Waals surface area contributed by atoms with Crippen molar-refractivity contribution in [3.63, 3.8) is 0 Å². The Morgan fingerprint density at radius 3 is 3.00 bits per heavy atom. The van der Waals surface area contributed by atoms with Gasteiger partial charge < -0.3 is 4.74 Å². The highest BCUT2D eigenvalue weighted by atomic mass is 19.1. The standard InChI is InChI=1S/C11H12FN3O/c1-16-11-7-9(6-10(12)8-11)4-2-3-5-14-15-13/h2,4,6-8H,3,5H2,1H3. The Labute approximate surface area is 93.0 Å². The van der Waals surface area contributed by atoms with Gasteiger partial charge in [-0.1, -0.05) is 17.3 Å². The monoisotopic (exact) mass is 221 g/mol. The number of hydrogen-bond donors (Lipinski definition) is 0. The maximum Gasteiger partial charge on any atom is 0.127 e. The van der Waals surface area contributed by atoms with Gasteiger partial charge in [0.05, 0.1) is 7.11 Å². The quantitative estimate of drug-likeness (QED) is 0.324. The number of halogens is 1. The number of rotatable bonds is 5. The van der Waals surface area contributed by atoms with Gasteiger partial charge in [-0.2, -0.15) is 0 Å². The van der Waals surface area contributed by atoms with Crippen molar-refractivity contribution in [1.29, 1.82) is 0 Å². The molecular weight excluding hydrogens is 209 g/mol. The number of ether oxygens (including phenoxy) is 1. The lowest BCUT2D eigenvalue weighted by Gasteiger charge is -2.01. The third kappa shape index (κ3) is 4.02. The van der Waals surface area contributed by atoms with E-state index in [1.165, 1.54) is 19.2 Å². The summed E-state index contributed by atoms with van der Waals surface area (Å²) < 4.78 is 18.0. The smallest absolute Gasteiger partial charge is 0.127 e. The largest absolute Gasteiger partial charge is 0.497 e. The highest BCUT2D eigenvalue weighted by Gasteiger charge is 1.97. The van der Waals surface area contributed by atoms with Crippen molar-refractivity contribution in [3.05, 3.63) is 46.1 Å². The molecule has 0 saturated carbocycles. The Morgan fingerprint density at radius 1 is 1.50 bits per heavy atom. The summed E-state index contributed by atoms with van der Waals surface area (Å²) in [6.07, 6.45) is 4.21. The first-order valence-electron chi connectivity index (χ1n) is 4.78. The molecule has 0 fully saturated rings. The molecule has 0 saturated heterocycles. The van der Waals surface area contributed by atoms with E-state index in [0.717, 1.165) is 5.56 Å². The van der Waals surface area contributed by atoms with Crippen LogP contribution in [-0.4, -0.2) is 13.7 Å². The van der Waals surface area contributed by atoms with Crippen LogP contribution in [0.3, 0.4) is 0 Å². The minimum absolute atomic E-state index is 0.339. The first kappa shape index (κ1) is 12.1. The zero-order chi connectivity index (χ0) is 11.8. The van der Waals surface area contributed by atoms with E-state index in [2.05, 4.69) is 10.0 Å². The molecule has 0 N–H and O–H groups in total. The number of azide groups is 1. The van der Waals surface area contributed by atoms with Crippen LogP contribution in [0.5, 0.6) is 5.75 Å². The van der Waals surface area contributed by atoms with Crippen molar-refractivity contribution >= 4 is 6.08 Å². The molecule has 0 unspecified atom stereocenters. The lowest BCUT2D eigenvalue weighted by atomic mass is 10.2. The average Bonchev–Trinajstić information content (AvgIpc) is 2.28. The normalized spacial score (nSPS) is 10.1. The molecule has 0 aliphatic rings. The summed E-state index contributed by atoms with van der Waals surface area (Å²) in [5, 5.41) is 3.38. The van der Waals surface area contributed by atoms with Crippen LogP contribution in [0.1, 0.15) is 12.0 Å². The third-order valence-corrected chi connectivity index (χ3v) is 1.90. The second kappa shape index (κ2) is 6.48. The van der Waals surface area contributed by atoms with Crippen molar-refractivity contribution in [1.82, 2.24) is 0 Å². The van der Waals surface area contributed by atoms with Crippen LogP contribution in [-0.2, 0) is 0 Å². The molecular formula is C11H12FN3O. The van der Waals surface area contributed by atoms with Crippen LogP contribution < -0.4 is 4.74 Å². The maximum atomic E-state index is 13.1. The molecule has 0 bridgehead atoms. The summed E-state index contributed by atoms with van der Waals surface area (Å²) in [5.74, 6) is 0.142. The van der Waals surface area contributed by atoms with Gasteiger partial charge >= 0.3 is 0 Å². The third-order valence-electron chi connectivity index (χ3n) is 1.90. The minimum Gasteiger partial charge on any atom is -0.497 e. The van der Waals surface area contributed by atoms with Crippen LogP contribution in [0.15, 0.2) is 29.4 Å². The van der Waals surface area contributed by atoms with Gasteiger partial charge in [0.1, 0.15) is 11.6 Å². The predicted molar refractivity (Wildman–Crippen MR) is 60.6 cm³/mol. The summed E-state index contributed by atoms with van der Waals surface area (Å²) >= 11 is 0. The summed E-state index contributed by atoms with van der Waals surface area (Å²) in [5.41, 5.74) is 8.78. The number of hydrogen-bond acceptors (Lipinski definition) is 2. The molecule has 4 nitrogen and oxygen atoms in total. The zero-order valence-corrected chi connectivity index (χ0v) is 8.93. The van der Waals surface area contributed by atoms with Gasteiger partial charge in [-0.3, -0.25) is 0 Å². The van der Waals surface area contributed by atoms with Gasteiger partial charge in [-0.25, -0.2) is 4.39 Å². The predicted octanol–water partition coefficient (Wildman–Crippen LogP) is 3.55. The molecule has 1 aromatic rings. The molecule has 16 heavy (non-hydrogen) atoms. The molecule has 5 heteroatoms. The fourth-order valence-electron chi connectivity index (χ4n) is 1.19. The van der Waals surface area contributed by atoms with Gasteiger partial charge in [0.2, 0.25) is 0 Å². The van der Waals surface area contributed by atoms with Gasteiger partial charge in [-0.15, -0.1) is 0 Å². The van der Waals surface area contributed by atoms with Crippen LogP contribution in [0.4, 0.5) is 4.39 Å². The molecule has 0 spiro atoms. The van der Waals surface area contributed by atoms with Crippen molar-refractivity contribution in [2.24, 2.45) is 5.11 Å². The topological polar surface area (TPSA) is 58.0 Å². The number of nitrogens with zero attached hydrogens (tertiary/aromatic N) is 3. The molecule has 0 aliphatic heterocycles. The minimum atomic E-state index is -0.339. The van der Waals surface area contributed by atoms with Crippen LogP contribution >= 0.6 is 0 Å². The molecule has 84 valence electrons. The van der Waals surface area contributed by atoms with Crippen LogP contribution in [0.25, 0.3) is 16.5 Å². The van der Waals surface area contributed by atoms with Crippen molar-refractivity contribution in [2.45, 2.75) is 6.42 Å². The second-order valence-corrected chi connectivity index (χ2v) is 3.07. The van der Waals surface area contributed by atoms with Gasteiger partial charge in [0.25, 0.3) is 0 Å². The van der Waals surface area contributed by atoms with E-state index in [-0.39, 0.29) is 5.82 Å². The molecule has 0 radical (unpaired) electrons. The molecule has 0 amide bonds. The summed E-state index contributed by atoms with van der Waals surface area (Å²) in [7, 11) is 1.49. The van der Waals surface area contributed by atoms with Crippen molar-refractivity contribution in [2.75, 3.05) is 13.7 Å². The molecule has 1 rings (SSSR count). The van der Waals surface area contributed by atoms with E-state index < -0.39 is 0 Å². The Kier molecular flexibility index (Phi) is 4.89. The number of methoxy groups -OCH3 is 1. The summed E-state index contributed by atoms with van der Waals surface area (Å²) in [6.45, 7) is 0.402. The first-order valence-corrected chi connectivity index (χ1v) is 4.78. The van der Waals surface area contributed by atoms with E-state index in [0.29, 0.717) is 18.7 Å². The zero-order valence-electron chi connectivity index (χ0n) is 8.93. The molecule has 1 aromatic carbocycles. The average molecular weight is 221 g/mol. The van der Waals surface area contributed by atoms with Crippen LogP contribution in [0, 0.1) is 5.82 Å². The Morgan fingerprint density at radius 2 is 2.31 bits per heavy atom. The molecule has 0 aliphatic carbocycles. The SMILES string of the molecule is COc1cc(F)cc(C=CCCN=[N+]=[N-])c1. The van der Waals surface area contributed by atoms with E-state index in [9.17, 15) is 4.39 Å². The van der Waals surface area contributed by atoms with E-state index in [1.807, 2.05) is 6.08 Å². The highest BCUT2D eigenvalue weighted by molar-refractivity contribution is 5.51. The Balaban J connectivity index is 2.65. The molecule has 0 aromatic heterocycles. The highest BCUT2D eigenvalue weighted by Crippen LogP contribution is 2.17. The van der Waals surface area contributed by atoms with Gasteiger partial charge in [0, 0.05) is 17.5 Å². The van der Waals surface area contributed by atoms with E-state index in [1.54, 1.807) is 12.1 Å². The molecule has 0 atom stereocenters. The first-order chi connectivity index (χ1) is 7.76. The summed E-state index contributed by atoms with van der Waals surface area (Å²) in [4.78, 5) is 2.63. The van der Waals surface area contributed by atoms with Crippen LogP contribution in [0.2, 0.25) is 0 Å². The summed E-state index contributed by atoms with van der Waals surface area (Å²) in [6, 6.07) is 4.46. The molecule has 0 heterocycles. The van der Waals surface area contributed by atoms with Gasteiger partial charge in [0.15, 0.2) is 0 Å². The maximum absolute atomic E-state index is 13.1. The van der Waals surface area contributed by atoms with Crippen molar-refractivity contribution < 1.29 is 9.13 Å². The Bertz CT molecular complexity index is 425. The fourth-order valence-corrected chi connectivity index (χ4v) is 1.19. The van der Waals surface area contributed by atoms with E-state index >= 15 is 0 Å². The Hall–Kier alpha value is -2.00. The lowest BCUT2D eigenvalue weighted by molar-refractivity contribution is 0.411. The van der Waals surface area contributed by atoms with E-state index in [4.69, 9.17) is 10.3 Å². The van der Waals surface area contributed by atoms with Gasteiger partial charge in [-0.05, 0) is 29.6 Å². The number of benzene rings is 1.